The van der Waals surface area contributed by atoms with Crippen LogP contribution >= 0.6 is 11.3 Å². The second-order valence-corrected chi connectivity index (χ2v) is 5.65. The molecule has 1 aliphatic heterocycles. The van der Waals surface area contributed by atoms with E-state index in [2.05, 4.69) is 21.3 Å². The van der Waals surface area contributed by atoms with Crippen molar-refractivity contribution in [2.45, 2.75) is 25.8 Å². The average molecular weight is 259 g/mol. The number of rotatable bonds is 3. The Bertz CT molecular complexity index is 489. The fraction of sp³-hybridized carbons (Fsp3) is 0.429. The van der Waals surface area contributed by atoms with Gasteiger partial charge in [0.15, 0.2) is 0 Å². The Kier molecular flexibility index (Phi) is 3.67. The fourth-order valence-corrected chi connectivity index (χ4v) is 3.18. The Labute approximate surface area is 112 Å². The second kappa shape index (κ2) is 5.59. The molecule has 0 radical (unpaired) electrons. The van der Waals surface area contributed by atoms with Crippen molar-refractivity contribution in [3.63, 3.8) is 0 Å². The molecule has 0 unspecified atom stereocenters. The molecule has 0 N–H and O–H groups in total. The van der Waals surface area contributed by atoms with Crippen molar-refractivity contribution in [2.75, 3.05) is 13.1 Å². The molecule has 2 aromatic heterocycles. The van der Waals surface area contributed by atoms with Crippen LogP contribution in [-0.4, -0.2) is 28.0 Å². The maximum atomic E-state index is 4.71. The summed E-state index contributed by atoms with van der Waals surface area (Å²) in [6.07, 6.45) is 7.72. The van der Waals surface area contributed by atoms with E-state index in [1.807, 2.05) is 12.3 Å². The topological polar surface area (TPSA) is 29.0 Å². The van der Waals surface area contributed by atoms with Gasteiger partial charge < -0.3 is 0 Å². The Morgan fingerprint density at radius 3 is 2.89 bits per heavy atom. The predicted octanol–water partition coefficient (Wildman–Crippen LogP) is 3.19. The minimum Gasteiger partial charge on any atom is -0.297 e. The number of nitrogens with zero attached hydrogens (tertiary/aromatic N) is 3. The van der Waals surface area contributed by atoms with Gasteiger partial charge in [0.2, 0.25) is 0 Å². The normalized spacial score (nSPS) is 16.9. The summed E-state index contributed by atoms with van der Waals surface area (Å²) in [6, 6.07) is 4.02. The zero-order valence-corrected chi connectivity index (χ0v) is 11.2. The number of piperidine rings is 1. The lowest BCUT2D eigenvalue weighted by atomic mass is 10.1. The molecular weight excluding hydrogens is 242 g/mol. The van der Waals surface area contributed by atoms with Gasteiger partial charge in [0.25, 0.3) is 0 Å². The lowest BCUT2D eigenvalue weighted by molar-refractivity contribution is 0.220. The Morgan fingerprint density at radius 2 is 2.11 bits per heavy atom. The first-order chi connectivity index (χ1) is 8.92. The third-order valence-corrected chi connectivity index (χ3v) is 4.15. The standard InChI is InChI=1S/C14H17N3S/c1-2-7-17(8-3-1)10-14-16-13(11-18-14)12-5-4-6-15-9-12/h4-6,9,11H,1-3,7-8,10H2. The van der Waals surface area contributed by atoms with Crippen LogP contribution < -0.4 is 0 Å². The molecule has 0 saturated carbocycles. The molecule has 0 bridgehead atoms. The van der Waals surface area contributed by atoms with Crippen LogP contribution in [0.2, 0.25) is 0 Å². The lowest BCUT2D eigenvalue weighted by Crippen LogP contribution is -2.28. The van der Waals surface area contributed by atoms with Crippen LogP contribution in [-0.2, 0) is 6.54 Å². The highest BCUT2D eigenvalue weighted by molar-refractivity contribution is 7.09. The van der Waals surface area contributed by atoms with E-state index in [1.54, 1.807) is 17.5 Å². The summed E-state index contributed by atoms with van der Waals surface area (Å²) in [5.41, 5.74) is 2.17. The van der Waals surface area contributed by atoms with Gasteiger partial charge in [0.1, 0.15) is 5.01 Å². The van der Waals surface area contributed by atoms with Crippen molar-refractivity contribution in [3.8, 4) is 11.3 Å². The zero-order chi connectivity index (χ0) is 12.2. The van der Waals surface area contributed by atoms with Gasteiger partial charge in [-0.2, -0.15) is 0 Å². The Balaban J connectivity index is 1.69. The van der Waals surface area contributed by atoms with Crippen molar-refractivity contribution >= 4 is 11.3 Å². The number of thiazole rings is 1. The highest BCUT2D eigenvalue weighted by Crippen LogP contribution is 2.22. The molecule has 1 saturated heterocycles. The van der Waals surface area contributed by atoms with Crippen molar-refractivity contribution < 1.29 is 0 Å². The van der Waals surface area contributed by atoms with Crippen LogP contribution in [0.1, 0.15) is 24.3 Å². The van der Waals surface area contributed by atoms with Crippen molar-refractivity contribution in [1.29, 1.82) is 0 Å². The van der Waals surface area contributed by atoms with E-state index >= 15 is 0 Å². The first kappa shape index (κ1) is 11.8. The number of pyridine rings is 1. The Morgan fingerprint density at radius 1 is 1.22 bits per heavy atom. The summed E-state index contributed by atoms with van der Waals surface area (Å²) in [4.78, 5) is 11.4. The van der Waals surface area contributed by atoms with Gasteiger partial charge in [-0.15, -0.1) is 11.3 Å². The van der Waals surface area contributed by atoms with Crippen LogP contribution in [0.15, 0.2) is 29.9 Å². The molecule has 1 aliphatic rings. The maximum absolute atomic E-state index is 4.71. The van der Waals surface area contributed by atoms with Gasteiger partial charge in [-0.1, -0.05) is 6.42 Å². The highest BCUT2D eigenvalue weighted by atomic mass is 32.1. The van der Waals surface area contributed by atoms with Gasteiger partial charge in [0, 0.05) is 23.3 Å². The Hall–Kier alpha value is -1.26. The molecule has 1 fully saturated rings. The van der Waals surface area contributed by atoms with E-state index in [4.69, 9.17) is 4.98 Å². The zero-order valence-electron chi connectivity index (χ0n) is 10.4. The minimum atomic E-state index is 1.00. The number of hydrogen-bond donors (Lipinski definition) is 0. The quantitative estimate of drug-likeness (QED) is 0.847. The van der Waals surface area contributed by atoms with E-state index in [1.165, 1.54) is 37.4 Å². The van der Waals surface area contributed by atoms with Gasteiger partial charge >= 0.3 is 0 Å². The van der Waals surface area contributed by atoms with E-state index in [0.717, 1.165) is 17.8 Å². The minimum absolute atomic E-state index is 1.00. The number of likely N-dealkylation sites (tertiary alicyclic amines) is 1. The summed E-state index contributed by atoms with van der Waals surface area (Å²) < 4.78 is 0. The molecule has 3 nitrogen and oxygen atoms in total. The van der Waals surface area contributed by atoms with E-state index in [9.17, 15) is 0 Å². The predicted molar refractivity (Wildman–Crippen MR) is 74.5 cm³/mol. The van der Waals surface area contributed by atoms with E-state index in [-0.39, 0.29) is 0 Å². The van der Waals surface area contributed by atoms with Crippen molar-refractivity contribution in [1.82, 2.24) is 14.9 Å². The molecular formula is C14H17N3S. The molecule has 0 spiro atoms. The van der Waals surface area contributed by atoms with Gasteiger partial charge in [0.05, 0.1) is 12.2 Å². The van der Waals surface area contributed by atoms with Gasteiger partial charge in [-0.25, -0.2) is 4.98 Å². The molecule has 2 aromatic rings. The molecule has 3 heterocycles. The summed E-state index contributed by atoms with van der Waals surface area (Å²) in [5, 5.41) is 3.35. The van der Waals surface area contributed by atoms with Crippen LogP contribution in [0.5, 0.6) is 0 Å². The molecule has 0 amide bonds. The molecule has 0 aliphatic carbocycles. The third kappa shape index (κ3) is 2.76. The molecule has 18 heavy (non-hydrogen) atoms. The molecule has 0 aromatic carbocycles. The smallest absolute Gasteiger partial charge is 0.107 e. The molecule has 94 valence electrons. The number of hydrogen-bond acceptors (Lipinski definition) is 4. The lowest BCUT2D eigenvalue weighted by Gasteiger charge is -2.25. The van der Waals surface area contributed by atoms with E-state index < -0.39 is 0 Å². The van der Waals surface area contributed by atoms with E-state index in [0.29, 0.717) is 0 Å². The van der Waals surface area contributed by atoms with Crippen molar-refractivity contribution in [3.05, 3.63) is 34.9 Å². The summed E-state index contributed by atoms with van der Waals surface area (Å²) in [7, 11) is 0. The largest absolute Gasteiger partial charge is 0.297 e. The second-order valence-electron chi connectivity index (χ2n) is 4.70. The van der Waals surface area contributed by atoms with Crippen molar-refractivity contribution in [2.24, 2.45) is 0 Å². The summed E-state index contributed by atoms with van der Waals surface area (Å²) >= 11 is 1.76. The fourth-order valence-electron chi connectivity index (χ4n) is 2.34. The molecule has 4 heteroatoms. The SMILES string of the molecule is c1cncc(-c2csc(CN3CCCCC3)n2)c1. The van der Waals surface area contributed by atoms with Crippen LogP contribution in [0.25, 0.3) is 11.3 Å². The van der Waals surface area contributed by atoms with Crippen LogP contribution in [0.4, 0.5) is 0 Å². The maximum Gasteiger partial charge on any atom is 0.107 e. The summed E-state index contributed by atoms with van der Waals surface area (Å²) in [5.74, 6) is 0. The highest BCUT2D eigenvalue weighted by Gasteiger charge is 2.12. The van der Waals surface area contributed by atoms with Gasteiger partial charge in [-0.05, 0) is 38.1 Å². The first-order valence-electron chi connectivity index (χ1n) is 6.49. The molecule has 3 rings (SSSR count). The molecule has 0 atom stereocenters. The monoisotopic (exact) mass is 259 g/mol. The van der Waals surface area contributed by atoms with Gasteiger partial charge in [-0.3, -0.25) is 9.88 Å². The summed E-state index contributed by atoms with van der Waals surface area (Å²) in [6.45, 7) is 3.45. The van der Waals surface area contributed by atoms with Crippen LogP contribution in [0.3, 0.4) is 0 Å². The number of aromatic nitrogens is 2. The first-order valence-corrected chi connectivity index (χ1v) is 7.37. The third-order valence-electron chi connectivity index (χ3n) is 3.32. The van der Waals surface area contributed by atoms with Crippen LogP contribution in [0, 0.1) is 0 Å². The average Bonchev–Trinajstić information content (AvgIpc) is 2.89.